The molecule has 0 radical (unpaired) electrons. The third-order valence-corrected chi connectivity index (χ3v) is 9.82. The van der Waals surface area contributed by atoms with Crippen LogP contribution in [0, 0.1) is 0 Å². The lowest BCUT2D eigenvalue weighted by Crippen LogP contribution is -2.42. The van der Waals surface area contributed by atoms with Crippen LogP contribution < -0.4 is 27.8 Å². The Bertz CT molecular complexity index is 1070. The second-order valence-electron chi connectivity index (χ2n) is 9.69. The average Bonchev–Trinajstić information content (AvgIpc) is 3.50. The fourth-order valence-electron chi connectivity index (χ4n) is 3.99. The Kier molecular flexibility index (Phi) is 14.2. The van der Waals surface area contributed by atoms with Gasteiger partial charge in [0.2, 0.25) is 11.8 Å². The van der Waals surface area contributed by atoms with E-state index in [4.69, 9.17) is 17.2 Å². The normalized spacial score (nSPS) is 15.3. The Hall–Kier alpha value is -2.22. The molecule has 1 fully saturated rings. The number of carbonyl (C=O) groups excluding carboxylic acids is 3. The van der Waals surface area contributed by atoms with Crippen molar-refractivity contribution in [3.63, 3.8) is 0 Å². The minimum Gasteiger partial charge on any atom is -0.352 e. The van der Waals surface area contributed by atoms with Crippen molar-refractivity contribution in [1.29, 1.82) is 0 Å². The lowest BCUT2D eigenvalue weighted by molar-refractivity contribution is -0.131. The van der Waals surface area contributed by atoms with Gasteiger partial charge < -0.3 is 32.7 Å². The SMILES string of the molecule is NC(CSSCC(N)C(=O)Nc1ccc(C(=O)NCCCC[C@H](N)C(=O)N2CCSC2)cc1)Cc1ccccc1. The highest BCUT2D eigenvalue weighted by Gasteiger charge is 2.23. The van der Waals surface area contributed by atoms with E-state index in [1.807, 2.05) is 18.2 Å². The zero-order chi connectivity index (χ0) is 28.7. The van der Waals surface area contributed by atoms with Gasteiger partial charge in [0.05, 0.1) is 18.0 Å². The minimum absolute atomic E-state index is 0.0130. The molecule has 9 nitrogen and oxygen atoms in total. The van der Waals surface area contributed by atoms with E-state index in [0.29, 0.717) is 30.0 Å². The van der Waals surface area contributed by atoms with Crippen LogP contribution in [-0.4, -0.2) is 77.0 Å². The molecule has 0 aromatic heterocycles. The van der Waals surface area contributed by atoms with Crippen molar-refractivity contribution in [3.05, 3.63) is 65.7 Å². The molecular weight excluding hydrogens is 565 g/mol. The van der Waals surface area contributed by atoms with E-state index in [1.165, 1.54) is 16.4 Å². The molecule has 1 aliphatic heterocycles. The van der Waals surface area contributed by atoms with Gasteiger partial charge in [0, 0.05) is 47.6 Å². The molecule has 0 spiro atoms. The largest absolute Gasteiger partial charge is 0.352 e. The van der Waals surface area contributed by atoms with Crippen LogP contribution in [0.3, 0.4) is 0 Å². The third-order valence-electron chi connectivity index (χ3n) is 6.31. The molecule has 3 rings (SSSR count). The summed E-state index contributed by atoms with van der Waals surface area (Å²) in [5.74, 6) is 2.46. The van der Waals surface area contributed by atoms with Crippen molar-refractivity contribution in [3.8, 4) is 0 Å². The Morgan fingerprint density at radius 1 is 0.925 bits per heavy atom. The van der Waals surface area contributed by atoms with Crippen molar-refractivity contribution >= 4 is 56.8 Å². The summed E-state index contributed by atoms with van der Waals surface area (Å²) in [7, 11) is 3.15. The van der Waals surface area contributed by atoms with E-state index in [9.17, 15) is 14.4 Å². The van der Waals surface area contributed by atoms with E-state index in [0.717, 1.165) is 43.2 Å². The topological polar surface area (TPSA) is 157 Å². The van der Waals surface area contributed by atoms with Crippen molar-refractivity contribution in [1.82, 2.24) is 10.2 Å². The summed E-state index contributed by atoms with van der Waals surface area (Å²) >= 11 is 1.74. The Morgan fingerprint density at radius 3 is 2.35 bits per heavy atom. The van der Waals surface area contributed by atoms with Gasteiger partial charge in [-0.1, -0.05) is 51.9 Å². The summed E-state index contributed by atoms with van der Waals surface area (Å²) in [5, 5.41) is 5.69. The highest BCUT2D eigenvalue weighted by Crippen LogP contribution is 2.23. The molecule has 0 bridgehead atoms. The van der Waals surface area contributed by atoms with E-state index >= 15 is 0 Å². The third kappa shape index (κ3) is 11.3. The van der Waals surface area contributed by atoms with Crippen LogP contribution in [0.15, 0.2) is 54.6 Å². The molecule has 1 aliphatic rings. The molecule has 1 saturated heterocycles. The van der Waals surface area contributed by atoms with Crippen LogP contribution in [0.1, 0.15) is 35.2 Å². The van der Waals surface area contributed by atoms with Crippen molar-refractivity contribution in [2.45, 2.75) is 43.8 Å². The molecule has 0 aliphatic carbocycles. The number of hydrogen-bond acceptors (Lipinski definition) is 9. The first-order valence-corrected chi connectivity index (χ1v) is 17.1. The van der Waals surface area contributed by atoms with Gasteiger partial charge >= 0.3 is 0 Å². The minimum atomic E-state index is -0.663. The smallest absolute Gasteiger partial charge is 0.251 e. The van der Waals surface area contributed by atoms with Crippen molar-refractivity contribution in [2.24, 2.45) is 17.2 Å². The second-order valence-corrected chi connectivity index (χ2v) is 13.3. The van der Waals surface area contributed by atoms with E-state index in [2.05, 4.69) is 22.8 Å². The van der Waals surface area contributed by atoms with Gasteiger partial charge in [-0.15, -0.1) is 11.8 Å². The molecule has 12 heteroatoms. The monoisotopic (exact) mass is 604 g/mol. The zero-order valence-corrected chi connectivity index (χ0v) is 25.1. The Balaban J connectivity index is 1.27. The fraction of sp³-hybridized carbons (Fsp3) is 0.464. The second kappa shape index (κ2) is 17.6. The number of hydrogen-bond donors (Lipinski definition) is 5. The van der Waals surface area contributed by atoms with Crippen LogP contribution in [0.4, 0.5) is 5.69 Å². The fourth-order valence-corrected chi connectivity index (χ4v) is 7.27. The maximum atomic E-state index is 12.5. The van der Waals surface area contributed by atoms with Gasteiger partial charge in [-0.3, -0.25) is 14.4 Å². The summed E-state index contributed by atoms with van der Waals surface area (Å²) in [6.07, 6.45) is 2.91. The van der Waals surface area contributed by atoms with Gasteiger partial charge in [-0.05, 0) is 55.5 Å². The molecule has 3 atom stereocenters. The molecule has 2 aromatic rings. The Morgan fingerprint density at radius 2 is 1.65 bits per heavy atom. The van der Waals surface area contributed by atoms with Gasteiger partial charge in [0.25, 0.3) is 5.91 Å². The van der Waals surface area contributed by atoms with Crippen molar-refractivity contribution in [2.75, 3.05) is 41.5 Å². The lowest BCUT2D eigenvalue weighted by Gasteiger charge is -2.19. The van der Waals surface area contributed by atoms with Gasteiger partial charge in [0.1, 0.15) is 0 Å². The molecule has 3 amide bonds. The number of carbonyl (C=O) groups is 3. The number of thioether (sulfide) groups is 1. The Labute approximate surface area is 248 Å². The number of benzene rings is 2. The molecule has 2 unspecified atom stereocenters. The predicted molar refractivity (Wildman–Crippen MR) is 169 cm³/mol. The first-order valence-electron chi connectivity index (χ1n) is 13.4. The molecule has 40 heavy (non-hydrogen) atoms. The summed E-state index contributed by atoms with van der Waals surface area (Å²) < 4.78 is 0. The number of nitrogens with one attached hydrogen (secondary N) is 2. The highest BCUT2D eigenvalue weighted by atomic mass is 33.1. The highest BCUT2D eigenvalue weighted by molar-refractivity contribution is 8.76. The average molecular weight is 605 g/mol. The molecule has 8 N–H and O–H groups in total. The van der Waals surface area contributed by atoms with Crippen LogP contribution in [0.5, 0.6) is 0 Å². The number of rotatable bonds is 16. The summed E-state index contributed by atoms with van der Waals surface area (Å²) in [4.78, 5) is 39.0. The summed E-state index contributed by atoms with van der Waals surface area (Å²) in [6.45, 7) is 1.27. The molecule has 2 aromatic carbocycles. The standard InChI is InChI=1S/C28H40N6O3S3/c29-22(16-20-6-2-1-3-7-20)17-39-40-18-25(31)27(36)33-23-11-9-21(10-12-23)26(35)32-13-5-4-8-24(30)28(37)34-14-15-38-19-34/h1-3,6-7,9-12,22,24-25H,4-5,8,13-19,29-31H2,(H,32,35)(H,33,36)/t22?,24-,25?/m0/s1. The van der Waals surface area contributed by atoms with E-state index in [1.54, 1.807) is 51.7 Å². The van der Waals surface area contributed by atoms with Crippen LogP contribution in [-0.2, 0) is 16.0 Å². The predicted octanol–water partition coefficient (Wildman–Crippen LogP) is 2.66. The van der Waals surface area contributed by atoms with Crippen molar-refractivity contribution < 1.29 is 14.4 Å². The van der Waals surface area contributed by atoms with Crippen LogP contribution in [0.2, 0.25) is 0 Å². The quantitative estimate of drug-likeness (QED) is 0.144. The molecule has 1 heterocycles. The number of amides is 3. The first-order chi connectivity index (χ1) is 19.3. The first kappa shape index (κ1) is 32.3. The van der Waals surface area contributed by atoms with Crippen LogP contribution in [0.25, 0.3) is 0 Å². The number of nitrogens with two attached hydrogens (primary N) is 3. The van der Waals surface area contributed by atoms with Gasteiger partial charge in [0.15, 0.2) is 0 Å². The molecule has 218 valence electrons. The number of nitrogens with zero attached hydrogens (tertiary/aromatic N) is 1. The van der Waals surface area contributed by atoms with Crippen LogP contribution >= 0.6 is 33.3 Å². The maximum absolute atomic E-state index is 12.5. The number of unbranched alkanes of at least 4 members (excludes halogenated alkanes) is 1. The van der Waals surface area contributed by atoms with E-state index < -0.39 is 12.1 Å². The summed E-state index contributed by atoms with van der Waals surface area (Å²) in [6, 6.07) is 15.7. The number of anilines is 1. The summed E-state index contributed by atoms with van der Waals surface area (Å²) in [5.41, 5.74) is 20.6. The van der Waals surface area contributed by atoms with Gasteiger partial charge in [-0.25, -0.2) is 0 Å². The zero-order valence-electron chi connectivity index (χ0n) is 22.6. The maximum Gasteiger partial charge on any atom is 0.251 e. The van der Waals surface area contributed by atoms with Gasteiger partial charge in [-0.2, -0.15) is 0 Å². The van der Waals surface area contributed by atoms with E-state index in [-0.39, 0.29) is 23.8 Å². The lowest BCUT2D eigenvalue weighted by atomic mass is 10.1. The molecule has 0 saturated carbocycles. The molecular formula is C28H40N6O3S3.